The minimum Gasteiger partial charge on any atom is -0.347 e. The summed E-state index contributed by atoms with van der Waals surface area (Å²) in [6, 6.07) is 10.1. The number of amides is 1. The Morgan fingerprint density at radius 3 is 2.93 bits per heavy atom. The summed E-state index contributed by atoms with van der Waals surface area (Å²) < 4.78 is 15.6. The third-order valence-electron chi connectivity index (χ3n) is 3.87. The second kappa shape index (κ2) is 7.46. The molecule has 134 valence electrons. The van der Waals surface area contributed by atoms with Gasteiger partial charge in [-0.15, -0.1) is 11.3 Å². The molecule has 0 fully saturated rings. The number of imidazole rings is 1. The molecule has 3 heterocycles. The minimum absolute atomic E-state index is 0.266. The Bertz CT molecular complexity index is 1080. The molecule has 0 bridgehead atoms. The van der Waals surface area contributed by atoms with Crippen LogP contribution in [0.5, 0.6) is 0 Å². The zero-order chi connectivity index (χ0) is 18.6. The van der Waals surface area contributed by atoms with E-state index in [1.807, 2.05) is 12.1 Å². The average Bonchev–Trinajstić information content (AvgIpc) is 3.39. The standard InChI is InChI=1S/C19H14FN5OS/c20-15-4-2-1-3-14(15)19-24-16(11-27-19)18(26)23-10-13-5-6-22-17(9-13)25-8-7-21-12-25/h1-9,11-12H,10H2,(H,23,26). The van der Waals surface area contributed by atoms with Crippen molar-refractivity contribution in [2.75, 3.05) is 0 Å². The lowest BCUT2D eigenvalue weighted by Crippen LogP contribution is -2.23. The first-order valence-corrected chi connectivity index (χ1v) is 9.00. The van der Waals surface area contributed by atoms with Gasteiger partial charge >= 0.3 is 0 Å². The zero-order valence-corrected chi connectivity index (χ0v) is 14.9. The highest BCUT2D eigenvalue weighted by atomic mass is 32.1. The molecule has 4 aromatic rings. The summed E-state index contributed by atoms with van der Waals surface area (Å²) in [5.74, 6) is 0.0483. The number of benzene rings is 1. The predicted molar refractivity (Wildman–Crippen MR) is 100 cm³/mol. The minimum atomic E-state index is -0.359. The van der Waals surface area contributed by atoms with E-state index < -0.39 is 0 Å². The molecular formula is C19H14FN5OS. The van der Waals surface area contributed by atoms with Crippen LogP contribution in [0.15, 0.2) is 66.7 Å². The van der Waals surface area contributed by atoms with Crippen molar-refractivity contribution in [2.45, 2.75) is 6.54 Å². The third-order valence-corrected chi connectivity index (χ3v) is 4.75. The van der Waals surface area contributed by atoms with Crippen molar-refractivity contribution < 1.29 is 9.18 Å². The molecule has 0 aliphatic rings. The number of aromatic nitrogens is 4. The first-order valence-electron chi connectivity index (χ1n) is 8.12. The van der Waals surface area contributed by atoms with Crippen LogP contribution in [0.2, 0.25) is 0 Å². The number of pyridine rings is 1. The van der Waals surface area contributed by atoms with Crippen LogP contribution < -0.4 is 5.32 Å². The van der Waals surface area contributed by atoms with Gasteiger partial charge in [0.15, 0.2) is 0 Å². The summed E-state index contributed by atoms with van der Waals surface area (Å²) >= 11 is 1.24. The molecule has 0 radical (unpaired) electrons. The van der Waals surface area contributed by atoms with Gasteiger partial charge in [-0.2, -0.15) is 0 Å². The number of thiazole rings is 1. The summed E-state index contributed by atoms with van der Waals surface area (Å²) in [5, 5.41) is 4.93. The van der Waals surface area contributed by atoms with Crippen LogP contribution in [-0.4, -0.2) is 25.4 Å². The molecule has 0 aliphatic carbocycles. The van der Waals surface area contributed by atoms with Crippen molar-refractivity contribution in [1.29, 1.82) is 0 Å². The topological polar surface area (TPSA) is 72.7 Å². The van der Waals surface area contributed by atoms with E-state index in [0.29, 0.717) is 17.1 Å². The number of carbonyl (C=O) groups is 1. The summed E-state index contributed by atoms with van der Waals surface area (Å²) in [6.45, 7) is 0.329. The maximum Gasteiger partial charge on any atom is 0.271 e. The van der Waals surface area contributed by atoms with E-state index in [9.17, 15) is 9.18 Å². The predicted octanol–water partition coefficient (Wildman–Crippen LogP) is 3.46. The maximum atomic E-state index is 13.9. The molecule has 1 N–H and O–H groups in total. The molecule has 1 amide bonds. The Balaban J connectivity index is 1.45. The van der Waals surface area contributed by atoms with Gasteiger partial charge in [0.1, 0.15) is 28.7 Å². The average molecular weight is 379 g/mol. The highest BCUT2D eigenvalue weighted by Crippen LogP contribution is 2.26. The van der Waals surface area contributed by atoms with Crippen LogP contribution in [0.4, 0.5) is 4.39 Å². The van der Waals surface area contributed by atoms with Gasteiger partial charge in [-0.25, -0.2) is 19.3 Å². The number of halogens is 1. The summed E-state index contributed by atoms with van der Waals surface area (Å²) in [5.41, 5.74) is 1.55. The normalized spacial score (nSPS) is 10.7. The molecule has 0 atom stereocenters. The fourth-order valence-electron chi connectivity index (χ4n) is 2.52. The van der Waals surface area contributed by atoms with E-state index in [2.05, 4.69) is 20.3 Å². The van der Waals surface area contributed by atoms with Crippen LogP contribution in [-0.2, 0) is 6.54 Å². The first kappa shape index (κ1) is 17.0. The molecule has 3 aromatic heterocycles. The number of nitrogens with one attached hydrogen (secondary N) is 1. The molecule has 8 heteroatoms. The Kier molecular flexibility index (Phi) is 4.71. The molecule has 0 saturated heterocycles. The quantitative estimate of drug-likeness (QED) is 0.576. The first-order chi connectivity index (χ1) is 13.2. The van der Waals surface area contributed by atoms with E-state index >= 15 is 0 Å². The van der Waals surface area contributed by atoms with Crippen molar-refractivity contribution >= 4 is 17.2 Å². The van der Waals surface area contributed by atoms with Crippen LogP contribution >= 0.6 is 11.3 Å². The van der Waals surface area contributed by atoms with Crippen molar-refractivity contribution in [2.24, 2.45) is 0 Å². The lowest BCUT2D eigenvalue weighted by molar-refractivity contribution is 0.0946. The van der Waals surface area contributed by atoms with Gasteiger partial charge < -0.3 is 5.32 Å². The van der Waals surface area contributed by atoms with Crippen molar-refractivity contribution in [3.05, 3.63) is 83.8 Å². The SMILES string of the molecule is O=C(NCc1ccnc(-n2ccnc2)c1)c1csc(-c2ccccc2F)n1. The van der Waals surface area contributed by atoms with Crippen LogP contribution in [0.3, 0.4) is 0 Å². The van der Waals surface area contributed by atoms with E-state index in [1.165, 1.54) is 17.4 Å². The summed E-state index contributed by atoms with van der Waals surface area (Å²) in [7, 11) is 0. The van der Waals surface area contributed by atoms with Crippen molar-refractivity contribution in [3.8, 4) is 16.4 Å². The Labute approximate surface area is 158 Å². The van der Waals surface area contributed by atoms with Gasteiger partial charge in [0.2, 0.25) is 0 Å². The second-order valence-electron chi connectivity index (χ2n) is 5.69. The van der Waals surface area contributed by atoms with Crippen LogP contribution in [0.25, 0.3) is 16.4 Å². The fraction of sp³-hybridized carbons (Fsp3) is 0.0526. The maximum absolute atomic E-state index is 13.9. The smallest absolute Gasteiger partial charge is 0.271 e. The Morgan fingerprint density at radius 1 is 1.22 bits per heavy atom. The van der Waals surface area contributed by atoms with Gasteiger partial charge in [-0.05, 0) is 29.8 Å². The largest absolute Gasteiger partial charge is 0.347 e. The van der Waals surface area contributed by atoms with Gasteiger partial charge in [0.05, 0.1) is 0 Å². The molecule has 27 heavy (non-hydrogen) atoms. The van der Waals surface area contributed by atoms with Gasteiger partial charge in [0.25, 0.3) is 5.91 Å². The molecule has 1 aromatic carbocycles. The number of hydrogen-bond donors (Lipinski definition) is 1. The monoisotopic (exact) mass is 379 g/mol. The van der Waals surface area contributed by atoms with Gasteiger partial charge in [-0.3, -0.25) is 9.36 Å². The zero-order valence-electron chi connectivity index (χ0n) is 14.0. The van der Waals surface area contributed by atoms with Crippen molar-refractivity contribution in [3.63, 3.8) is 0 Å². The third kappa shape index (κ3) is 3.75. The number of rotatable bonds is 5. The highest BCUT2D eigenvalue weighted by molar-refractivity contribution is 7.13. The van der Waals surface area contributed by atoms with E-state index in [-0.39, 0.29) is 17.4 Å². The fourth-order valence-corrected chi connectivity index (χ4v) is 3.34. The molecular weight excluding hydrogens is 365 g/mol. The van der Waals surface area contributed by atoms with Crippen LogP contribution in [0, 0.1) is 5.82 Å². The van der Waals surface area contributed by atoms with Gasteiger partial charge in [-0.1, -0.05) is 12.1 Å². The molecule has 4 rings (SSSR count). The molecule has 0 spiro atoms. The molecule has 0 saturated carbocycles. The lowest BCUT2D eigenvalue weighted by atomic mass is 10.2. The summed E-state index contributed by atoms with van der Waals surface area (Å²) in [4.78, 5) is 24.9. The number of carbonyl (C=O) groups excluding carboxylic acids is 1. The van der Waals surface area contributed by atoms with Crippen molar-refractivity contribution in [1.82, 2.24) is 24.8 Å². The highest BCUT2D eigenvalue weighted by Gasteiger charge is 2.14. The lowest BCUT2D eigenvalue weighted by Gasteiger charge is -2.06. The van der Waals surface area contributed by atoms with E-state index in [1.54, 1.807) is 53.1 Å². The van der Waals surface area contributed by atoms with Gasteiger partial charge in [0, 0.05) is 36.1 Å². The molecule has 0 aliphatic heterocycles. The Morgan fingerprint density at radius 2 is 2.11 bits per heavy atom. The number of nitrogens with zero attached hydrogens (tertiary/aromatic N) is 4. The molecule has 0 unspecified atom stereocenters. The Hall–Kier alpha value is -3.39. The number of hydrogen-bond acceptors (Lipinski definition) is 5. The van der Waals surface area contributed by atoms with E-state index in [0.717, 1.165) is 11.4 Å². The second-order valence-corrected chi connectivity index (χ2v) is 6.55. The molecule has 6 nitrogen and oxygen atoms in total. The summed E-state index contributed by atoms with van der Waals surface area (Å²) in [6.07, 6.45) is 6.80. The van der Waals surface area contributed by atoms with Crippen LogP contribution in [0.1, 0.15) is 16.1 Å². The van der Waals surface area contributed by atoms with E-state index in [4.69, 9.17) is 0 Å².